The van der Waals surface area contributed by atoms with Gasteiger partial charge in [0.15, 0.2) is 0 Å². The second kappa shape index (κ2) is 5.16. The van der Waals surface area contributed by atoms with Crippen LogP contribution in [-0.4, -0.2) is 0 Å². The van der Waals surface area contributed by atoms with Gasteiger partial charge in [0, 0.05) is 17.9 Å². The van der Waals surface area contributed by atoms with Gasteiger partial charge in [-0.3, -0.25) is 0 Å². The lowest BCUT2D eigenvalue weighted by molar-refractivity contribution is -0.429. The maximum atomic E-state index is 6.14. The fourth-order valence-corrected chi connectivity index (χ4v) is 3.26. The van der Waals surface area contributed by atoms with Gasteiger partial charge in [0.25, 0.3) is 0 Å². The largest absolute Gasteiger partial charge is 0.351 e. The minimum atomic E-state index is 0.398. The summed E-state index contributed by atoms with van der Waals surface area (Å²) in [4.78, 5) is 0. The Kier molecular flexibility index (Phi) is 3.53. The van der Waals surface area contributed by atoms with Crippen LogP contribution in [-0.2, 0) is 0 Å². The molecular weight excluding hydrogens is 277 g/mol. The summed E-state index contributed by atoms with van der Waals surface area (Å²) < 4.78 is 0. The van der Waals surface area contributed by atoms with E-state index in [1.807, 2.05) is 12.1 Å². The lowest BCUT2D eigenvalue weighted by atomic mass is 9.77. The molecule has 0 spiro atoms. The number of fused-ring (bicyclic) bond motifs is 1. The first-order valence-electron chi connectivity index (χ1n) is 6.53. The lowest BCUT2D eigenvalue weighted by Crippen LogP contribution is -2.54. The summed E-state index contributed by atoms with van der Waals surface area (Å²) in [6, 6.07) is 15.0. The minimum absolute atomic E-state index is 0.398. The van der Waals surface area contributed by atoms with E-state index in [9.17, 15) is 0 Å². The van der Waals surface area contributed by atoms with Gasteiger partial charge in [-0.2, -0.15) is 0 Å². The molecule has 2 aromatic rings. The van der Waals surface area contributed by atoms with E-state index in [1.165, 1.54) is 16.7 Å². The number of halogens is 2. The second-order valence-electron chi connectivity index (χ2n) is 5.13. The van der Waals surface area contributed by atoms with Crippen molar-refractivity contribution in [2.75, 3.05) is 0 Å². The first-order valence-corrected chi connectivity index (χ1v) is 7.29. The van der Waals surface area contributed by atoms with Gasteiger partial charge in [0.1, 0.15) is 6.04 Å². The molecule has 0 saturated carbocycles. The van der Waals surface area contributed by atoms with Gasteiger partial charge in [-0.25, -0.2) is 0 Å². The monoisotopic (exact) mass is 292 g/mol. The van der Waals surface area contributed by atoms with E-state index in [2.05, 4.69) is 36.1 Å². The maximum Gasteiger partial charge on any atom is 0.110 e. The molecule has 3 N–H and O–H groups in total. The van der Waals surface area contributed by atoms with Gasteiger partial charge in [-0.15, -0.1) is 0 Å². The molecule has 0 heterocycles. The zero-order valence-electron chi connectivity index (χ0n) is 10.6. The Morgan fingerprint density at radius 3 is 2.37 bits per heavy atom. The highest BCUT2D eigenvalue weighted by molar-refractivity contribution is 6.42. The molecule has 1 aliphatic rings. The zero-order chi connectivity index (χ0) is 13.4. The van der Waals surface area contributed by atoms with E-state index in [0.717, 1.165) is 12.8 Å². The van der Waals surface area contributed by atoms with Crippen molar-refractivity contribution < 1.29 is 5.73 Å². The molecule has 0 amide bonds. The van der Waals surface area contributed by atoms with Crippen LogP contribution >= 0.6 is 23.2 Å². The molecule has 1 aliphatic carbocycles. The molecule has 0 unspecified atom stereocenters. The quantitative estimate of drug-likeness (QED) is 0.816. The topological polar surface area (TPSA) is 27.6 Å². The summed E-state index contributed by atoms with van der Waals surface area (Å²) in [5.41, 5.74) is 8.24. The molecule has 0 saturated heterocycles. The van der Waals surface area contributed by atoms with E-state index >= 15 is 0 Å². The average molecular weight is 293 g/mol. The third-order valence-electron chi connectivity index (χ3n) is 3.96. The molecule has 0 bridgehead atoms. The summed E-state index contributed by atoms with van der Waals surface area (Å²) >= 11 is 12.1. The van der Waals surface area contributed by atoms with Crippen LogP contribution in [0, 0.1) is 0 Å². The van der Waals surface area contributed by atoms with Crippen molar-refractivity contribution >= 4 is 23.2 Å². The first kappa shape index (κ1) is 13.0. The molecular formula is C16H16Cl2N+. The summed E-state index contributed by atoms with van der Waals surface area (Å²) in [5, 5.41) is 1.25. The molecule has 98 valence electrons. The summed E-state index contributed by atoms with van der Waals surface area (Å²) in [6.07, 6.45) is 2.23. The zero-order valence-corrected chi connectivity index (χ0v) is 12.1. The molecule has 0 radical (unpaired) electrons. The number of hydrogen-bond donors (Lipinski definition) is 1. The van der Waals surface area contributed by atoms with Crippen LogP contribution in [0.2, 0.25) is 10.0 Å². The van der Waals surface area contributed by atoms with E-state index in [-0.39, 0.29) is 0 Å². The van der Waals surface area contributed by atoms with E-state index in [0.29, 0.717) is 22.0 Å². The van der Waals surface area contributed by atoms with E-state index in [4.69, 9.17) is 23.2 Å². The Bertz CT molecular complexity index is 609. The van der Waals surface area contributed by atoms with Gasteiger partial charge in [0.2, 0.25) is 0 Å². The molecule has 2 atom stereocenters. The van der Waals surface area contributed by atoms with E-state index < -0.39 is 0 Å². The van der Waals surface area contributed by atoms with Crippen molar-refractivity contribution in [2.45, 2.75) is 24.8 Å². The Labute approximate surface area is 123 Å². The first-order chi connectivity index (χ1) is 9.16. The molecule has 3 heteroatoms. The maximum absolute atomic E-state index is 6.14. The summed E-state index contributed by atoms with van der Waals surface area (Å²) in [5.74, 6) is 0.406. The third kappa shape index (κ3) is 2.38. The molecule has 0 aliphatic heterocycles. The highest BCUT2D eigenvalue weighted by atomic mass is 35.5. The van der Waals surface area contributed by atoms with Crippen molar-refractivity contribution in [2.24, 2.45) is 0 Å². The van der Waals surface area contributed by atoms with Crippen molar-refractivity contribution in [3.8, 4) is 0 Å². The van der Waals surface area contributed by atoms with Gasteiger partial charge in [-0.1, -0.05) is 53.5 Å². The highest BCUT2D eigenvalue weighted by Crippen LogP contribution is 2.40. The predicted octanol–water partition coefficient (Wildman–Crippen LogP) is 4.20. The lowest BCUT2D eigenvalue weighted by Gasteiger charge is -2.28. The smallest absolute Gasteiger partial charge is 0.110 e. The summed E-state index contributed by atoms with van der Waals surface area (Å²) in [6.45, 7) is 0. The number of benzene rings is 2. The molecule has 3 rings (SSSR count). The van der Waals surface area contributed by atoms with Crippen LogP contribution < -0.4 is 5.73 Å². The number of hydrogen-bond acceptors (Lipinski definition) is 0. The standard InChI is InChI=1S/C16H15Cl2N/c17-14-7-5-10(9-15(14)18)11-6-8-16(19)13-4-2-1-3-12(11)13/h1-5,7,9,11,16H,6,8,19H2/p+1/t11-,16+/m0/s1. The Hall–Kier alpha value is -1.02. The van der Waals surface area contributed by atoms with E-state index in [1.54, 1.807) is 0 Å². The van der Waals surface area contributed by atoms with Crippen molar-refractivity contribution in [1.29, 1.82) is 0 Å². The van der Waals surface area contributed by atoms with Crippen LogP contribution in [0.1, 0.15) is 41.5 Å². The fourth-order valence-electron chi connectivity index (χ4n) is 2.95. The normalized spacial score (nSPS) is 22.1. The number of quaternary nitrogens is 1. The van der Waals surface area contributed by atoms with Gasteiger partial charge in [-0.05, 0) is 29.7 Å². The van der Waals surface area contributed by atoms with Gasteiger partial charge in [0.05, 0.1) is 10.0 Å². The average Bonchev–Trinajstić information content (AvgIpc) is 2.43. The highest BCUT2D eigenvalue weighted by Gasteiger charge is 2.27. The van der Waals surface area contributed by atoms with Gasteiger partial charge < -0.3 is 5.73 Å². The predicted molar refractivity (Wildman–Crippen MR) is 79.6 cm³/mol. The number of rotatable bonds is 1. The van der Waals surface area contributed by atoms with Crippen LogP contribution in [0.3, 0.4) is 0 Å². The fraction of sp³-hybridized carbons (Fsp3) is 0.250. The Balaban J connectivity index is 2.07. The molecule has 0 fully saturated rings. The van der Waals surface area contributed by atoms with Gasteiger partial charge >= 0.3 is 0 Å². The summed E-state index contributed by atoms with van der Waals surface area (Å²) in [7, 11) is 0. The van der Waals surface area contributed by atoms with Crippen LogP contribution in [0.25, 0.3) is 0 Å². The van der Waals surface area contributed by atoms with Crippen LogP contribution in [0.4, 0.5) is 0 Å². The van der Waals surface area contributed by atoms with Crippen molar-refractivity contribution in [3.63, 3.8) is 0 Å². The SMILES string of the molecule is [NH3+][C@@H]1CC[C@@H](c2ccc(Cl)c(Cl)c2)c2ccccc21. The van der Waals surface area contributed by atoms with Crippen LogP contribution in [0.15, 0.2) is 42.5 Å². The third-order valence-corrected chi connectivity index (χ3v) is 4.70. The molecule has 1 nitrogen and oxygen atoms in total. The minimum Gasteiger partial charge on any atom is -0.351 e. The van der Waals surface area contributed by atoms with Crippen molar-refractivity contribution in [3.05, 3.63) is 69.2 Å². The van der Waals surface area contributed by atoms with Crippen molar-refractivity contribution in [1.82, 2.24) is 0 Å². The second-order valence-corrected chi connectivity index (χ2v) is 5.94. The Morgan fingerprint density at radius 2 is 1.63 bits per heavy atom. The molecule has 2 aromatic carbocycles. The molecule has 0 aromatic heterocycles. The molecule has 19 heavy (non-hydrogen) atoms. The Morgan fingerprint density at radius 1 is 0.895 bits per heavy atom. The van der Waals surface area contributed by atoms with Crippen LogP contribution in [0.5, 0.6) is 0 Å².